The predicted molar refractivity (Wildman–Crippen MR) is 314 cm³/mol. The van der Waals surface area contributed by atoms with E-state index in [1.165, 1.54) is 64.2 Å². The smallest absolute Gasteiger partial charge is 0.335 e. The number of ketones is 1. The number of likely N-dealkylation sites (tertiary alicyclic amines) is 1. The number of ether oxygens (including phenoxy) is 5. The van der Waals surface area contributed by atoms with Crippen molar-refractivity contribution in [2.75, 3.05) is 32.6 Å². The minimum absolute atomic E-state index is 0.00471. The molecule has 5 bridgehead atoms. The van der Waals surface area contributed by atoms with Gasteiger partial charge in [0.15, 0.2) is 0 Å². The Kier molecular flexibility index (Phi) is 19.6. The molecule has 2 amide bonds. The van der Waals surface area contributed by atoms with Gasteiger partial charge in [-0.3, -0.25) is 38.1 Å². The number of methoxy groups -OCH3 is 1. The summed E-state index contributed by atoms with van der Waals surface area (Å²) in [5.74, 6) is -11.4. The highest BCUT2D eigenvalue weighted by Gasteiger charge is 2.61. The quantitative estimate of drug-likeness (QED) is 0.0697. The summed E-state index contributed by atoms with van der Waals surface area (Å²) < 4.78 is 55.5. The highest BCUT2D eigenvalue weighted by atomic mass is 31.2. The van der Waals surface area contributed by atoms with E-state index in [0.29, 0.717) is 19.6 Å². The molecule has 2 aromatic rings. The van der Waals surface area contributed by atoms with Gasteiger partial charge in [-0.25, -0.2) is 0 Å². The molecule has 85 heavy (non-hydrogen) atoms. The number of phenols is 1. The summed E-state index contributed by atoms with van der Waals surface area (Å²) in [7, 11) is -8.43. The Morgan fingerprint density at radius 1 is 0.918 bits per heavy atom. The number of fused-ring (bicyclic) bond motifs is 3. The second-order valence-electron chi connectivity index (χ2n) is 24.6. The third-order valence-corrected chi connectivity index (χ3v) is 21.0. The van der Waals surface area contributed by atoms with E-state index in [4.69, 9.17) is 28.7 Å². The fourth-order valence-electron chi connectivity index (χ4n) is 12.3. The Morgan fingerprint density at radius 2 is 1.56 bits per heavy atom. The van der Waals surface area contributed by atoms with Crippen LogP contribution in [0.5, 0.6) is 17.2 Å². The molecule has 0 aromatic heterocycles. The van der Waals surface area contributed by atoms with Gasteiger partial charge >= 0.3 is 25.3 Å². The maximum atomic E-state index is 16.3. The van der Waals surface area contributed by atoms with Gasteiger partial charge in [0.05, 0.1) is 47.1 Å². The molecule has 1 saturated heterocycles. The molecule has 1 aliphatic carbocycles. The van der Waals surface area contributed by atoms with Gasteiger partial charge in [0, 0.05) is 111 Å². The molecule has 25 heteroatoms. The zero-order chi connectivity index (χ0) is 63.4. The second-order valence-corrected chi connectivity index (χ2v) is 29.0. The van der Waals surface area contributed by atoms with E-state index in [-0.39, 0.29) is 81.5 Å². The standard InChI is InChI=1S/C60H82N4O19P2/c1-30(2)28-63-23-21-60(22-24-63)62-46-43-44-51(69)36(8)54-45(43)55(71)59(13,83-54)80-25-20-41(79-14)33(5)53(82-38(10)66)35(7)50(68)34(6)49(67)31(3)16-15-17-32(4)56(72)61-47(52(44)70)48(46)64(60)57(73)58(11,12)27-39-26-40(18-19-42(39)81-37(9)65)84(74,75)29-85(76,77)78/h15-20,25-26,30-31,33-35,41,48-50,53,67-70H,21-24,27-29H2,1-14H3,(H,61,72)(H,74,75)(H2,76,77,78)/b16-15+,25-20+,32-17-/t31-,33+,34+,35+,41-,48?,49-,50+,53+,59-/m0/s1. The number of nitrogens with zero attached hydrogens (tertiary/aromatic N) is 3. The fourth-order valence-corrected chi connectivity index (χ4v) is 15.7. The van der Waals surface area contributed by atoms with Crippen molar-refractivity contribution < 1.29 is 91.9 Å². The van der Waals surface area contributed by atoms with Gasteiger partial charge < -0.3 is 73.9 Å². The maximum Gasteiger partial charge on any atom is 0.335 e. The largest absolute Gasteiger partial charge is 0.507 e. The molecule has 0 radical (unpaired) electrons. The number of allylic oxidation sites excluding steroid dienone is 2. The van der Waals surface area contributed by atoms with Crippen LogP contribution in [0.25, 0.3) is 5.76 Å². The molecule has 23 nitrogen and oxygen atoms in total. The topological polar surface area (TPSA) is 338 Å². The Balaban J connectivity index is 1.46. The third-order valence-electron chi connectivity index (χ3n) is 16.9. The van der Waals surface area contributed by atoms with Crippen molar-refractivity contribution in [3.63, 3.8) is 0 Å². The van der Waals surface area contributed by atoms with Crippen LogP contribution >= 0.6 is 15.0 Å². The minimum atomic E-state index is -5.06. The van der Waals surface area contributed by atoms with E-state index in [2.05, 4.69) is 24.1 Å². The maximum absolute atomic E-state index is 16.3. The van der Waals surface area contributed by atoms with Crippen LogP contribution in [-0.2, 0) is 48.9 Å². The number of benzene rings is 2. The summed E-state index contributed by atoms with van der Waals surface area (Å²) in [4.78, 5) is 111. The van der Waals surface area contributed by atoms with Crippen LogP contribution in [0.15, 0.2) is 65.0 Å². The molecule has 8 N–H and O–H groups in total. The molecule has 2 unspecified atom stereocenters. The fraction of sp³-hybridized carbons (Fsp3) is 0.567. The number of aliphatic hydroxyl groups is 3. The Morgan fingerprint density at radius 3 is 2.15 bits per heavy atom. The average Bonchev–Trinajstić information content (AvgIpc) is 1.57. The number of amides is 2. The number of Topliss-reactive ketones (excluding diaryl/α,β-unsaturated/α-hetero) is 1. The number of aromatic hydroxyl groups is 1. The number of carbonyl (C=O) groups excluding carboxylic acids is 5. The first-order valence-corrected chi connectivity index (χ1v) is 32.0. The van der Waals surface area contributed by atoms with E-state index in [9.17, 15) is 58.6 Å². The number of nitrogens with one attached hydrogen (secondary N) is 1. The molecule has 1 fully saturated rings. The van der Waals surface area contributed by atoms with Gasteiger partial charge in [-0.1, -0.05) is 73.6 Å². The molecule has 1 spiro atoms. The molecule has 2 aromatic carbocycles. The molecule has 11 atom stereocenters. The number of carbonyl (C=O) groups is 5. The van der Waals surface area contributed by atoms with Crippen molar-refractivity contribution in [2.24, 2.45) is 40.0 Å². The Labute approximate surface area is 495 Å². The Bertz CT molecular complexity index is 3260. The molecule has 7 rings (SSSR count). The zero-order valence-electron chi connectivity index (χ0n) is 50.6. The number of rotatable bonds is 11. The van der Waals surface area contributed by atoms with Crippen molar-refractivity contribution in [2.45, 2.75) is 151 Å². The lowest BCUT2D eigenvalue weighted by Gasteiger charge is -2.48. The van der Waals surface area contributed by atoms with Crippen molar-refractivity contribution in [3.8, 4) is 17.2 Å². The van der Waals surface area contributed by atoms with Crippen molar-refractivity contribution in [3.05, 3.63) is 87.9 Å². The normalized spacial score (nSPS) is 29.6. The number of esters is 2. The number of hydrogen-bond acceptors (Lipinski definition) is 18. The molecule has 4 heterocycles. The predicted octanol–water partition coefficient (Wildman–Crippen LogP) is 6.28. The number of aliphatic imine (C=N–C) groups is 1. The molecular formula is C60H82N4O19P2. The van der Waals surface area contributed by atoms with Crippen LogP contribution in [0.3, 0.4) is 0 Å². The lowest BCUT2D eigenvalue weighted by atomic mass is 9.78. The monoisotopic (exact) mass is 1220 g/mol. The second kappa shape index (κ2) is 25.0. The minimum Gasteiger partial charge on any atom is -0.507 e. The summed E-state index contributed by atoms with van der Waals surface area (Å²) in [6, 6.07) is 1.91. The Hall–Kier alpha value is -6.00. The van der Waals surface area contributed by atoms with Gasteiger partial charge in [-0.15, -0.1) is 0 Å². The van der Waals surface area contributed by atoms with Gasteiger partial charge in [-0.2, -0.15) is 0 Å². The van der Waals surface area contributed by atoms with E-state index < -0.39 is 138 Å². The first-order valence-electron chi connectivity index (χ1n) is 28.4. The van der Waals surface area contributed by atoms with Crippen LogP contribution in [0, 0.1) is 41.9 Å². The summed E-state index contributed by atoms with van der Waals surface area (Å²) in [5.41, 5.74) is -3.98. The third kappa shape index (κ3) is 13.5. The molecular weight excluding hydrogens is 1140 g/mol. The summed E-state index contributed by atoms with van der Waals surface area (Å²) in [6.07, 6.45) is 3.02. The first kappa shape index (κ1) is 66.5. The number of aliphatic hydroxyl groups excluding tert-OH is 3. The van der Waals surface area contributed by atoms with Crippen molar-refractivity contribution >= 4 is 61.3 Å². The van der Waals surface area contributed by atoms with Gasteiger partial charge in [0.2, 0.25) is 13.3 Å². The highest BCUT2D eigenvalue weighted by Crippen LogP contribution is 2.56. The SMILES string of the molecule is CO[C@H]1/C=C/O[C@@]2(C)Oc3c(C)c(O)c4c(c3C2=O)C2=NC3(CCN(CC(C)C)CC3)N(C(=O)C(C)(C)Cc3cc(P(=O)(O)CP(=O)(O)O)ccc3OC(C)=O)C2C(=C4O)NC(=O)/C(C)=C\C=C\[C@H](C)[C@H](O)[C@@H](C)[C@@H](O)[C@@H](C)[C@H](OC(C)=O)[C@@H]1C. The molecule has 0 saturated carbocycles. The van der Waals surface area contributed by atoms with Crippen LogP contribution in [-0.4, -0.2) is 155 Å². The summed E-state index contributed by atoms with van der Waals surface area (Å²) >= 11 is 0. The van der Waals surface area contributed by atoms with E-state index in [0.717, 1.165) is 19.1 Å². The number of phenolic OH excluding ortho intramolecular Hbond substituents is 1. The lowest BCUT2D eigenvalue weighted by molar-refractivity contribution is -0.160. The van der Waals surface area contributed by atoms with Crippen LogP contribution in [0.4, 0.5) is 0 Å². The molecule has 4 aliphatic heterocycles. The molecule has 5 aliphatic rings. The van der Waals surface area contributed by atoms with Crippen molar-refractivity contribution in [1.82, 2.24) is 15.1 Å². The number of piperidine rings is 1. The van der Waals surface area contributed by atoms with E-state index >= 15 is 9.59 Å². The van der Waals surface area contributed by atoms with Gasteiger partial charge in [0.25, 0.3) is 11.7 Å². The zero-order valence-corrected chi connectivity index (χ0v) is 52.4. The van der Waals surface area contributed by atoms with Gasteiger partial charge in [0.1, 0.15) is 46.7 Å². The lowest BCUT2D eigenvalue weighted by Crippen LogP contribution is -2.62. The van der Waals surface area contributed by atoms with Crippen LogP contribution in [0.2, 0.25) is 0 Å². The average molecular weight is 1230 g/mol. The van der Waals surface area contributed by atoms with Gasteiger partial charge in [-0.05, 0) is 56.0 Å². The highest BCUT2D eigenvalue weighted by molar-refractivity contribution is 7.77. The van der Waals surface area contributed by atoms with E-state index in [1.807, 2.05) is 0 Å². The van der Waals surface area contributed by atoms with Crippen molar-refractivity contribution in [1.29, 1.82) is 0 Å². The van der Waals surface area contributed by atoms with E-state index in [1.54, 1.807) is 53.7 Å². The summed E-state index contributed by atoms with van der Waals surface area (Å²) in [6.45, 7) is 22.1. The van der Waals surface area contributed by atoms with Crippen LogP contribution in [0.1, 0.15) is 129 Å². The molecule has 466 valence electrons. The van der Waals surface area contributed by atoms with Crippen LogP contribution < -0.4 is 20.1 Å². The number of hydrogen-bond donors (Lipinski definition) is 8. The summed E-state index contributed by atoms with van der Waals surface area (Å²) in [5, 5.41) is 51.2. The first-order chi connectivity index (χ1) is 39.4.